The van der Waals surface area contributed by atoms with E-state index in [9.17, 15) is 14.3 Å². The lowest BCUT2D eigenvalue weighted by Crippen LogP contribution is -2.37. The van der Waals surface area contributed by atoms with Gasteiger partial charge in [-0.15, -0.1) is 0 Å². The summed E-state index contributed by atoms with van der Waals surface area (Å²) >= 11 is 11.8. The van der Waals surface area contributed by atoms with E-state index in [4.69, 9.17) is 27.9 Å². The second kappa shape index (κ2) is 8.25. The third kappa shape index (κ3) is 5.87. The number of halogens is 3. The second-order valence-electron chi connectivity index (χ2n) is 6.82. The Labute approximate surface area is 161 Å². The lowest BCUT2D eigenvalue weighted by molar-refractivity contribution is 0.0419. The average Bonchev–Trinajstić information content (AvgIpc) is 2.50. The zero-order chi connectivity index (χ0) is 19.5. The van der Waals surface area contributed by atoms with Crippen molar-refractivity contribution in [2.75, 3.05) is 0 Å². The minimum atomic E-state index is -1.25. The van der Waals surface area contributed by atoms with Crippen molar-refractivity contribution >= 4 is 29.3 Å². The fourth-order valence-electron chi connectivity index (χ4n) is 2.39. The third-order valence-corrected chi connectivity index (χ3v) is 3.91. The number of amides is 1. The van der Waals surface area contributed by atoms with Crippen LogP contribution in [0.2, 0.25) is 10.0 Å². The van der Waals surface area contributed by atoms with Gasteiger partial charge in [0.1, 0.15) is 17.5 Å². The maximum Gasteiger partial charge on any atom is 0.408 e. The van der Waals surface area contributed by atoms with Gasteiger partial charge in [-0.2, -0.15) is 0 Å². The Morgan fingerprint density at radius 1 is 1.08 bits per heavy atom. The predicted octanol–water partition coefficient (Wildman–Crippen LogP) is 5.43. The van der Waals surface area contributed by atoms with Gasteiger partial charge in [0.05, 0.1) is 6.04 Å². The molecule has 26 heavy (non-hydrogen) atoms. The van der Waals surface area contributed by atoms with Crippen molar-refractivity contribution < 1.29 is 19.0 Å². The summed E-state index contributed by atoms with van der Waals surface area (Å²) in [6.07, 6.45) is -1.96. The Kier molecular flexibility index (Phi) is 6.50. The highest BCUT2D eigenvalue weighted by atomic mass is 35.5. The van der Waals surface area contributed by atoms with Crippen molar-refractivity contribution in [2.24, 2.45) is 0 Å². The molecule has 0 heterocycles. The molecule has 0 radical (unpaired) electrons. The fourth-order valence-corrected chi connectivity index (χ4v) is 2.74. The van der Waals surface area contributed by atoms with Gasteiger partial charge in [-0.1, -0.05) is 35.3 Å². The molecule has 1 unspecified atom stereocenters. The van der Waals surface area contributed by atoms with Gasteiger partial charge in [0.25, 0.3) is 0 Å². The first-order valence-electron chi connectivity index (χ1n) is 7.94. The second-order valence-corrected chi connectivity index (χ2v) is 7.70. The molecule has 2 N–H and O–H groups in total. The zero-order valence-corrected chi connectivity index (χ0v) is 16.1. The lowest BCUT2D eigenvalue weighted by Gasteiger charge is -2.27. The SMILES string of the molecule is CC(C)(C)OC(=O)N[C@H](c1ccc(Cl)cc1)C(O)c1cc(F)cc(Cl)c1. The third-order valence-electron chi connectivity index (χ3n) is 3.44. The number of aliphatic hydroxyl groups excluding tert-OH is 1. The number of hydrogen-bond donors (Lipinski definition) is 2. The summed E-state index contributed by atoms with van der Waals surface area (Å²) in [4.78, 5) is 12.2. The topological polar surface area (TPSA) is 58.6 Å². The van der Waals surface area contributed by atoms with E-state index in [1.54, 1.807) is 45.0 Å². The molecule has 0 aliphatic carbocycles. The number of benzene rings is 2. The van der Waals surface area contributed by atoms with Crippen LogP contribution < -0.4 is 5.32 Å². The van der Waals surface area contributed by atoms with Crippen molar-refractivity contribution in [3.63, 3.8) is 0 Å². The van der Waals surface area contributed by atoms with Crippen molar-refractivity contribution in [1.82, 2.24) is 5.32 Å². The monoisotopic (exact) mass is 399 g/mol. The number of ether oxygens (including phenoxy) is 1. The molecule has 0 fully saturated rings. The summed E-state index contributed by atoms with van der Waals surface area (Å²) in [6, 6.07) is 9.43. The summed E-state index contributed by atoms with van der Waals surface area (Å²) in [5.74, 6) is -0.585. The van der Waals surface area contributed by atoms with Gasteiger partial charge in [0.15, 0.2) is 0 Å². The van der Waals surface area contributed by atoms with Crippen LogP contribution >= 0.6 is 23.2 Å². The van der Waals surface area contributed by atoms with Crippen molar-refractivity contribution in [1.29, 1.82) is 0 Å². The number of aliphatic hydroxyl groups is 1. The number of hydrogen-bond acceptors (Lipinski definition) is 3. The summed E-state index contributed by atoms with van der Waals surface area (Å²) in [7, 11) is 0. The molecule has 0 aliphatic heterocycles. The Bertz CT molecular complexity index is 755. The van der Waals surface area contributed by atoms with Gasteiger partial charge in [0, 0.05) is 10.0 Å². The number of carbonyl (C=O) groups is 1. The lowest BCUT2D eigenvalue weighted by atomic mass is 9.96. The number of rotatable bonds is 4. The molecule has 0 saturated heterocycles. The molecular formula is C19H20Cl2FNO3. The van der Waals surface area contributed by atoms with Crippen molar-refractivity contribution in [3.05, 3.63) is 69.5 Å². The fraction of sp³-hybridized carbons (Fsp3) is 0.316. The molecule has 0 aromatic heterocycles. The number of nitrogens with one attached hydrogen (secondary N) is 1. The van der Waals surface area contributed by atoms with Crippen LogP contribution in [-0.2, 0) is 4.74 Å². The highest BCUT2D eigenvalue weighted by Crippen LogP contribution is 2.31. The van der Waals surface area contributed by atoms with Crippen LogP contribution in [0.15, 0.2) is 42.5 Å². The van der Waals surface area contributed by atoms with Crippen molar-refractivity contribution in [2.45, 2.75) is 38.5 Å². The summed E-state index contributed by atoms with van der Waals surface area (Å²) in [5.41, 5.74) is 0.0982. The maximum absolute atomic E-state index is 13.7. The molecular weight excluding hydrogens is 380 g/mol. The molecule has 7 heteroatoms. The van der Waals surface area contributed by atoms with Crippen LogP contribution in [0.5, 0.6) is 0 Å². The molecule has 1 amide bonds. The van der Waals surface area contributed by atoms with E-state index in [1.165, 1.54) is 6.07 Å². The van der Waals surface area contributed by atoms with E-state index in [0.717, 1.165) is 12.1 Å². The van der Waals surface area contributed by atoms with Crippen molar-refractivity contribution in [3.8, 4) is 0 Å². The van der Waals surface area contributed by atoms with Gasteiger partial charge >= 0.3 is 6.09 Å². The molecule has 2 atom stereocenters. The zero-order valence-electron chi connectivity index (χ0n) is 14.6. The van der Waals surface area contributed by atoms with Gasteiger partial charge < -0.3 is 15.2 Å². The van der Waals surface area contributed by atoms with Crippen LogP contribution in [0.1, 0.15) is 44.0 Å². The van der Waals surface area contributed by atoms with E-state index in [-0.39, 0.29) is 10.6 Å². The van der Waals surface area contributed by atoms with Gasteiger partial charge in [-0.05, 0) is 62.2 Å². The predicted molar refractivity (Wildman–Crippen MR) is 99.9 cm³/mol. The highest BCUT2D eigenvalue weighted by Gasteiger charge is 2.27. The minimum absolute atomic E-state index is 0.145. The summed E-state index contributed by atoms with van der Waals surface area (Å²) < 4.78 is 18.9. The molecule has 0 spiro atoms. The van der Waals surface area contributed by atoms with Crippen LogP contribution in [0.4, 0.5) is 9.18 Å². The van der Waals surface area contributed by atoms with E-state index in [0.29, 0.717) is 10.6 Å². The largest absolute Gasteiger partial charge is 0.444 e. The van der Waals surface area contributed by atoms with E-state index < -0.39 is 29.7 Å². The van der Waals surface area contributed by atoms with Gasteiger partial charge in [-0.3, -0.25) is 0 Å². The maximum atomic E-state index is 13.7. The van der Waals surface area contributed by atoms with E-state index >= 15 is 0 Å². The van der Waals surface area contributed by atoms with Gasteiger partial charge in [-0.25, -0.2) is 9.18 Å². The standard InChI is InChI=1S/C19H20Cl2FNO3/c1-19(2,3)26-18(25)23-16(11-4-6-13(20)7-5-11)17(24)12-8-14(21)10-15(22)9-12/h4-10,16-17,24H,1-3H3,(H,23,25)/t16-,17?/m1/s1. The van der Waals surface area contributed by atoms with Crippen LogP contribution in [-0.4, -0.2) is 16.8 Å². The molecule has 0 aliphatic rings. The summed E-state index contributed by atoms with van der Waals surface area (Å²) in [5, 5.41) is 14.0. The molecule has 0 saturated carbocycles. The normalized spacial score (nSPS) is 13.8. The average molecular weight is 400 g/mol. The Hall–Kier alpha value is -1.82. The van der Waals surface area contributed by atoms with E-state index in [1.807, 2.05) is 0 Å². The van der Waals surface area contributed by atoms with Crippen LogP contribution in [0, 0.1) is 5.82 Å². The first-order valence-corrected chi connectivity index (χ1v) is 8.70. The quantitative estimate of drug-likeness (QED) is 0.720. The van der Waals surface area contributed by atoms with Crippen LogP contribution in [0.25, 0.3) is 0 Å². The molecule has 140 valence electrons. The number of carbonyl (C=O) groups excluding carboxylic acids is 1. The minimum Gasteiger partial charge on any atom is -0.444 e. The Balaban J connectivity index is 2.35. The Morgan fingerprint density at radius 3 is 2.23 bits per heavy atom. The number of alkyl carbamates (subject to hydrolysis) is 1. The summed E-state index contributed by atoms with van der Waals surface area (Å²) in [6.45, 7) is 5.19. The highest BCUT2D eigenvalue weighted by molar-refractivity contribution is 6.30. The first-order chi connectivity index (χ1) is 12.0. The molecule has 4 nitrogen and oxygen atoms in total. The van der Waals surface area contributed by atoms with E-state index in [2.05, 4.69) is 5.32 Å². The first kappa shape index (κ1) is 20.5. The van der Waals surface area contributed by atoms with Crippen LogP contribution in [0.3, 0.4) is 0 Å². The molecule has 0 bridgehead atoms. The van der Waals surface area contributed by atoms with Gasteiger partial charge in [0.2, 0.25) is 0 Å². The molecule has 2 rings (SSSR count). The molecule has 2 aromatic carbocycles. The smallest absolute Gasteiger partial charge is 0.408 e. The molecule has 2 aromatic rings. The Morgan fingerprint density at radius 2 is 1.69 bits per heavy atom.